The van der Waals surface area contributed by atoms with Gasteiger partial charge in [-0.25, -0.2) is 4.68 Å². The molecule has 2 aromatic heterocycles. The van der Waals surface area contributed by atoms with E-state index in [0.717, 1.165) is 17.0 Å². The Morgan fingerprint density at radius 1 is 1.13 bits per heavy atom. The van der Waals surface area contributed by atoms with E-state index >= 15 is 0 Å². The van der Waals surface area contributed by atoms with Crippen LogP contribution in [0.4, 0.5) is 5.13 Å². The Hall–Kier alpha value is -3.23. The quantitative estimate of drug-likeness (QED) is 0.457. The van der Waals surface area contributed by atoms with E-state index < -0.39 is 0 Å². The van der Waals surface area contributed by atoms with Crippen molar-refractivity contribution in [1.82, 2.24) is 20.0 Å². The second-order valence-electron chi connectivity index (χ2n) is 6.32. The highest BCUT2D eigenvalue weighted by Gasteiger charge is 2.22. The molecule has 0 spiro atoms. The minimum absolute atomic E-state index is 0.243. The standard InChI is InChI=1S/C21H18ClN5O2S/c1-3-29-16-11-9-14(10-12-16)20-24-25-21(30-20)23-19(28)17-13(2)26-27(18(17)22)15-7-5-4-6-8-15/h4-12H,3H2,1-2H3,(H,23,25,28). The number of carbonyl (C=O) groups excluding carboxylic acids is 1. The van der Waals surface area contributed by atoms with Gasteiger partial charge >= 0.3 is 0 Å². The molecular weight excluding hydrogens is 422 g/mol. The fraction of sp³-hybridized carbons (Fsp3) is 0.143. The van der Waals surface area contributed by atoms with E-state index in [2.05, 4.69) is 20.6 Å². The SMILES string of the molecule is CCOc1ccc(-c2nnc(NC(=O)c3c(C)nn(-c4ccccc4)c3Cl)s2)cc1. The summed E-state index contributed by atoms with van der Waals surface area (Å²) >= 11 is 7.74. The van der Waals surface area contributed by atoms with Crippen molar-refractivity contribution in [2.24, 2.45) is 0 Å². The van der Waals surface area contributed by atoms with E-state index in [1.165, 1.54) is 16.0 Å². The second-order valence-corrected chi connectivity index (χ2v) is 7.66. The van der Waals surface area contributed by atoms with E-state index in [0.29, 0.717) is 28.0 Å². The van der Waals surface area contributed by atoms with Crippen LogP contribution in [0.3, 0.4) is 0 Å². The van der Waals surface area contributed by atoms with Crippen molar-refractivity contribution >= 4 is 34.0 Å². The molecule has 0 bridgehead atoms. The van der Waals surface area contributed by atoms with Gasteiger partial charge in [0.1, 0.15) is 21.5 Å². The number of amides is 1. The van der Waals surface area contributed by atoms with Crippen LogP contribution in [0.15, 0.2) is 54.6 Å². The summed E-state index contributed by atoms with van der Waals surface area (Å²) in [5.74, 6) is 0.411. The van der Waals surface area contributed by atoms with Crippen molar-refractivity contribution in [3.8, 4) is 22.0 Å². The molecule has 0 aliphatic heterocycles. The molecule has 0 saturated carbocycles. The number of hydrogen-bond donors (Lipinski definition) is 1. The van der Waals surface area contributed by atoms with E-state index in [4.69, 9.17) is 16.3 Å². The lowest BCUT2D eigenvalue weighted by molar-refractivity contribution is 0.102. The highest BCUT2D eigenvalue weighted by atomic mass is 35.5. The smallest absolute Gasteiger partial charge is 0.262 e. The van der Waals surface area contributed by atoms with Gasteiger partial charge in [0.2, 0.25) is 5.13 Å². The van der Waals surface area contributed by atoms with Gasteiger partial charge in [-0.1, -0.05) is 41.1 Å². The number of hydrogen-bond acceptors (Lipinski definition) is 6. The molecule has 2 aromatic carbocycles. The van der Waals surface area contributed by atoms with Gasteiger partial charge < -0.3 is 4.74 Å². The number of anilines is 1. The number of aromatic nitrogens is 4. The topological polar surface area (TPSA) is 81.9 Å². The first-order valence-electron chi connectivity index (χ1n) is 9.25. The highest BCUT2D eigenvalue weighted by molar-refractivity contribution is 7.18. The van der Waals surface area contributed by atoms with Gasteiger partial charge in [-0.15, -0.1) is 10.2 Å². The second kappa shape index (κ2) is 8.64. The maximum absolute atomic E-state index is 12.8. The van der Waals surface area contributed by atoms with Crippen molar-refractivity contribution in [1.29, 1.82) is 0 Å². The Kier molecular flexibility index (Phi) is 5.78. The molecule has 4 aromatic rings. The van der Waals surface area contributed by atoms with Gasteiger partial charge in [0.25, 0.3) is 5.91 Å². The molecule has 4 rings (SSSR count). The highest BCUT2D eigenvalue weighted by Crippen LogP contribution is 2.29. The summed E-state index contributed by atoms with van der Waals surface area (Å²) in [6.45, 7) is 4.29. The molecule has 0 unspecified atom stereocenters. The Morgan fingerprint density at radius 2 is 1.87 bits per heavy atom. The third-order valence-electron chi connectivity index (χ3n) is 4.29. The van der Waals surface area contributed by atoms with E-state index in [1.807, 2.05) is 61.5 Å². The summed E-state index contributed by atoms with van der Waals surface area (Å²) in [6.07, 6.45) is 0. The predicted octanol–water partition coefficient (Wildman–Crippen LogP) is 5.00. The third-order valence-corrected chi connectivity index (χ3v) is 5.53. The molecule has 1 N–H and O–H groups in total. The first-order chi connectivity index (χ1) is 14.6. The van der Waals surface area contributed by atoms with Crippen molar-refractivity contribution in [2.75, 3.05) is 11.9 Å². The number of aryl methyl sites for hydroxylation is 1. The lowest BCUT2D eigenvalue weighted by Crippen LogP contribution is -2.13. The first-order valence-corrected chi connectivity index (χ1v) is 10.4. The van der Waals surface area contributed by atoms with Gasteiger partial charge in [0.05, 0.1) is 18.0 Å². The molecule has 9 heteroatoms. The Balaban J connectivity index is 1.53. The number of rotatable bonds is 6. The van der Waals surface area contributed by atoms with Crippen LogP contribution in [0.25, 0.3) is 16.3 Å². The molecule has 0 radical (unpaired) electrons. The van der Waals surface area contributed by atoms with E-state index in [-0.39, 0.29) is 11.1 Å². The Labute approximate surface area is 182 Å². The van der Waals surface area contributed by atoms with Crippen LogP contribution in [-0.2, 0) is 0 Å². The minimum Gasteiger partial charge on any atom is -0.494 e. The minimum atomic E-state index is -0.380. The van der Waals surface area contributed by atoms with Crippen molar-refractivity contribution < 1.29 is 9.53 Å². The van der Waals surface area contributed by atoms with Gasteiger partial charge in [0.15, 0.2) is 0 Å². The average Bonchev–Trinajstić information content (AvgIpc) is 3.33. The summed E-state index contributed by atoms with van der Waals surface area (Å²) in [5.41, 5.74) is 2.50. The molecule has 1 amide bonds. The fourth-order valence-corrected chi connectivity index (χ4v) is 4.01. The molecule has 2 heterocycles. The van der Waals surface area contributed by atoms with Crippen LogP contribution in [0.5, 0.6) is 5.75 Å². The van der Waals surface area contributed by atoms with Crippen LogP contribution in [0.2, 0.25) is 5.15 Å². The first kappa shape index (κ1) is 20.1. The zero-order valence-corrected chi connectivity index (χ0v) is 17.9. The molecule has 7 nitrogen and oxygen atoms in total. The van der Waals surface area contributed by atoms with Gasteiger partial charge in [-0.2, -0.15) is 5.10 Å². The largest absolute Gasteiger partial charge is 0.494 e. The summed E-state index contributed by atoms with van der Waals surface area (Å²) < 4.78 is 6.99. The molecule has 0 saturated heterocycles. The molecule has 30 heavy (non-hydrogen) atoms. The van der Waals surface area contributed by atoms with Crippen molar-refractivity contribution in [3.05, 3.63) is 71.0 Å². The van der Waals surface area contributed by atoms with Crippen LogP contribution < -0.4 is 10.1 Å². The van der Waals surface area contributed by atoms with Crippen molar-refractivity contribution in [2.45, 2.75) is 13.8 Å². The van der Waals surface area contributed by atoms with Crippen LogP contribution in [-0.4, -0.2) is 32.5 Å². The fourth-order valence-electron chi connectivity index (χ4n) is 2.91. The summed E-state index contributed by atoms with van der Waals surface area (Å²) in [5, 5.41) is 16.7. The maximum Gasteiger partial charge on any atom is 0.262 e. The zero-order chi connectivity index (χ0) is 21.1. The van der Waals surface area contributed by atoms with Gasteiger partial charge in [0, 0.05) is 5.56 Å². The van der Waals surface area contributed by atoms with Gasteiger partial charge in [-0.05, 0) is 50.2 Å². The number of ether oxygens (including phenoxy) is 1. The molecule has 0 aliphatic rings. The van der Waals surface area contributed by atoms with Crippen LogP contribution in [0, 0.1) is 6.92 Å². The van der Waals surface area contributed by atoms with E-state index in [9.17, 15) is 4.79 Å². The number of para-hydroxylation sites is 1. The van der Waals surface area contributed by atoms with Crippen molar-refractivity contribution in [3.63, 3.8) is 0 Å². The zero-order valence-electron chi connectivity index (χ0n) is 16.3. The monoisotopic (exact) mass is 439 g/mol. The van der Waals surface area contributed by atoms with Crippen LogP contribution >= 0.6 is 22.9 Å². The number of carbonyl (C=O) groups is 1. The molecule has 0 aliphatic carbocycles. The summed E-state index contributed by atoms with van der Waals surface area (Å²) in [7, 11) is 0. The molecular formula is C21H18ClN5O2S. The maximum atomic E-state index is 12.8. The Morgan fingerprint density at radius 3 is 2.57 bits per heavy atom. The van der Waals surface area contributed by atoms with Gasteiger partial charge in [-0.3, -0.25) is 10.1 Å². The number of nitrogens with one attached hydrogen (secondary N) is 1. The molecule has 152 valence electrons. The van der Waals surface area contributed by atoms with Crippen LogP contribution in [0.1, 0.15) is 23.0 Å². The molecule has 0 fully saturated rings. The van der Waals surface area contributed by atoms with E-state index in [1.54, 1.807) is 6.92 Å². The lowest BCUT2D eigenvalue weighted by atomic mass is 10.2. The normalized spacial score (nSPS) is 10.8. The Bertz CT molecular complexity index is 1170. The average molecular weight is 440 g/mol. The number of halogens is 1. The molecule has 0 atom stereocenters. The number of benzene rings is 2. The lowest BCUT2D eigenvalue weighted by Gasteiger charge is -2.03. The summed E-state index contributed by atoms with van der Waals surface area (Å²) in [4.78, 5) is 12.8. The summed E-state index contributed by atoms with van der Waals surface area (Å²) in [6, 6.07) is 17.0. The third kappa shape index (κ3) is 4.05. The number of nitrogens with zero attached hydrogens (tertiary/aromatic N) is 4. The predicted molar refractivity (Wildman–Crippen MR) is 118 cm³/mol.